The predicted molar refractivity (Wildman–Crippen MR) is 122 cm³/mol. The van der Waals surface area contributed by atoms with E-state index in [4.69, 9.17) is 9.47 Å². The van der Waals surface area contributed by atoms with Gasteiger partial charge in [-0.05, 0) is 68.6 Å². The van der Waals surface area contributed by atoms with Gasteiger partial charge in [-0.2, -0.15) is 0 Å². The lowest BCUT2D eigenvalue weighted by Crippen LogP contribution is -2.31. The van der Waals surface area contributed by atoms with Crippen LogP contribution in [0.2, 0.25) is 0 Å². The molecule has 0 aliphatic heterocycles. The highest BCUT2D eigenvalue weighted by Crippen LogP contribution is 2.36. The summed E-state index contributed by atoms with van der Waals surface area (Å²) in [6.45, 7) is 10.7. The molecule has 1 aliphatic rings. The van der Waals surface area contributed by atoms with E-state index in [2.05, 4.69) is 46.0 Å². The molecule has 1 N–H and O–H groups in total. The molecule has 2 rings (SSSR count). The maximum Gasteiger partial charge on any atom is 0.222 e. The summed E-state index contributed by atoms with van der Waals surface area (Å²) in [5.41, 5.74) is 2.52. The molecule has 0 radical (unpaired) electrons. The third-order valence-electron chi connectivity index (χ3n) is 5.90. The van der Waals surface area contributed by atoms with E-state index in [1.165, 1.54) is 12.0 Å². The molecular formula is C25H41NO4. The average molecular weight is 420 g/mol. The Morgan fingerprint density at radius 1 is 1.33 bits per heavy atom. The Hall–Kier alpha value is -2.04. The fraction of sp³-hybridized carbons (Fsp3) is 0.680. The minimum atomic E-state index is 0.0707. The van der Waals surface area contributed by atoms with Crippen LogP contribution in [0, 0.1) is 18.3 Å². The molecule has 1 unspecified atom stereocenters. The van der Waals surface area contributed by atoms with Gasteiger partial charge in [0.1, 0.15) is 6.29 Å². The van der Waals surface area contributed by atoms with E-state index < -0.39 is 0 Å². The van der Waals surface area contributed by atoms with Crippen molar-refractivity contribution < 1.29 is 19.1 Å². The molecule has 1 amide bonds. The maximum absolute atomic E-state index is 10.7. The Labute approximate surface area is 182 Å². The highest BCUT2D eigenvalue weighted by Gasteiger charge is 2.24. The lowest BCUT2D eigenvalue weighted by atomic mass is 9.82. The number of rotatable bonds is 10. The van der Waals surface area contributed by atoms with Crippen LogP contribution in [0.15, 0.2) is 12.1 Å². The molecule has 0 spiro atoms. The molecule has 0 bridgehead atoms. The van der Waals surface area contributed by atoms with Gasteiger partial charge in [-0.25, -0.2) is 0 Å². The van der Waals surface area contributed by atoms with Crippen LogP contribution in [0.25, 0.3) is 0 Å². The fourth-order valence-electron chi connectivity index (χ4n) is 3.85. The Morgan fingerprint density at radius 2 is 2.00 bits per heavy atom. The largest absolute Gasteiger partial charge is 0.493 e. The summed E-state index contributed by atoms with van der Waals surface area (Å²) in [6, 6.07) is 4.07. The highest BCUT2D eigenvalue weighted by atomic mass is 16.5. The molecule has 1 aliphatic carbocycles. The van der Waals surface area contributed by atoms with Crippen molar-refractivity contribution in [3.05, 3.63) is 23.3 Å². The van der Waals surface area contributed by atoms with Gasteiger partial charge in [0.05, 0.1) is 13.2 Å². The van der Waals surface area contributed by atoms with Crippen LogP contribution in [0.1, 0.15) is 77.3 Å². The number of hydrogen-bond donors (Lipinski definition) is 1. The van der Waals surface area contributed by atoms with Crippen molar-refractivity contribution in [1.82, 2.24) is 5.32 Å². The predicted octanol–water partition coefficient (Wildman–Crippen LogP) is 5.26. The first-order chi connectivity index (χ1) is 14.2. The second-order valence-electron chi connectivity index (χ2n) is 8.98. The normalized spacial score (nSPS) is 14.6. The lowest BCUT2D eigenvalue weighted by molar-refractivity contribution is -0.126. The molecule has 1 fully saturated rings. The summed E-state index contributed by atoms with van der Waals surface area (Å²) < 4.78 is 11.7. The number of nitrogens with one attached hydrogen (secondary N) is 1. The van der Waals surface area contributed by atoms with Gasteiger partial charge in [0, 0.05) is 19.4 Å². The van der Waals surface area contributed by atoms with Crippen molar-refractivity contribution in [2.24, 2.45) is 11.3 Å². The molecule has 5 nitrogen and oxygen atoms in total. The monoisotopic (exact) mass is 419 g/mol. The first-order valence-corrected chi connectivity index (χ1v) is 11.2. The van der Waals surface area contributed by atoms with Crippen molar-refractivity contribution in [2.75, 3.05) is 14.2 Å². The molecule has 5 heteroatoms. The topological polar surface area (TPSA) is 64.6 Å². The summed E-state index contributed by atoms with van der Waals surface area (Å²) in [6.07, 6.45) is 7.86. The Bertz CT molecular complexity index is 680. The van der Waals surface area contributed by atoms with Gasteiger partial charge in [-0.15, -0.1) is 0 Å². The Balaban J connectivity index is 0.000000467. The average Bonchev–Trinajstić information content (AvgIpc) is 2.66. The van der Waals surface area contributed by atoms with Crippen LogP contribution in [-0.2, 0) is 16.0 Å². The summed E-state index contributed by atoms with van der Waals surface area (Å²) in [5, 5.41) is 2.63. The molecule has 0 heterocycles. The van der Waals surface area contributed by atoms with E-state index in [9.17, 15) is 9.59 Å². The van der Waals surface area contributed by atoms with Crippen molar-refractivity contribution in [1.29, 1.82) is 0 Å². The van der Waals surface area contributed by atoms with Crippen LogP contribution >= 0.6 is 0 Å². The highest BCUT2D eigenvalue weighted by molar-refractivity contribution is 5.78. The van der Waals surface area contributed by atoms with Crippen LogP contribution in [0.5, 0.6) is 11.5 Å². The van der Waals surface area contributed by atoms with Gasteiger partial charge >= 0.3 is 0 Å². The van der Waals surface area contributed by atoms with Crippen molar-refractivity contribution in [3.8, 4) is 11.5 Å². The third-order valence-corrected chi connectivity index (χ3v) is 5.90. The smallest absolute Gasteiger partial charge is 0.222 e. The molecular weight excluding hydrogens is 378 g/mol. The summed E-state index contributed by atoms with van der Waals surface area (Å²) >= 11 is 0. The van der Waals surface area contributed by atoms with Crippen molar-refractivity contribution in [3.63, 3.8) is 0 Å². The number of benzene rings is 1. The zero-order valence-electron chi connectivity index (χ0n) is 20.0. The molecule has 1 atom stereocenters. The van der Waals surface area contributed by atoms with E-state index in [1.54, 1.807) is 14.2 Å². The fourth-order valence-corrected chi connectivity index (χ4v) is 3.85. The van der Waals surface area contributed by atoms with E-state index >= 15 is 0 Å². The second kappa shape index (κ2) is 12.6. The van der Waals surface area contributed by atoms with Crippen LogP contribution in [0.3, 0.4) is 0 Å². The van der Waals surface area contributed by atoms with Gasteiger partial charge in [-0.1, -0.05) is 33.3 Å². The summed E-state index contributed by atoms with van der Waals surface area (Å²) in [4.78, 5) is 21.3. The minimum Gasteiger partial charge on any atom is -0.493 e. The number of ether oxygens (including phenoxy) is 2. The summed E-state index contributed by atoms with van der Waals surface area (Å²) in [5.74, 6) is 2.20. The number of carbonyl (C=O) groups is 2. The molecule has 170 valence electrons. The van der Waals surface area contributed by atoms with Crippen LogP contribution < -0.4 is 14.8 Å². The number of aryl methyl sites for hydroxylation is 1. The van der Waals surface area contributed by atoms with Crippen molar-refractivity contribution >= 4 is 12.2 Å². The number of aldehydes is 1. The number of hydrogen-bond acceptors (Lipinski definition) is 4. The minimum absolute atomic E-state index is 0.0707. The summed E-state index contributed by atoms with van der Waals surface area (Å²) in [7, 11) is 3.37. The lowest BCUT2D eigenvalue weighted by Gasteiger charge is -2.29. The van der Waals surface area contributed by atoms with Gasteiger partial charge in [0.25, 0.3) is 0 Å². The van der Waals surface area contributed by atoms with E-state index in [-0.39, 0.29) is 17.4 Å². The number of amides is 1. The quantitative estimate of drug-likeness (QED) is 0.525. The van der Waals surface area contributed by atoms with Crippen molar-refractivity contribution in [2.45, 2.75) is 85.7 Å². The van der Waals surface area contributed by atoms with Crippen LogP contribution in [-0.4, -0.2) is 32.5 Å². The molecule has 1 saturated carbocycles. The van der Waals surface area contributed by atoms with Gasteiger partial charge in [0.15, 0.2) is 11.5 Å². The van der Waals surface area contributed by atoms with Gasteiger partial charge < -0.3 is 19.6 Å². The van der Waals surface area contributed by atoms with Gasteiger partial charge in [-0.3, -0.25) is 4.79 Å². The van der Waals surface area contributed by atoms with E-state index in [0.29, 0.717) is 12.3 Å². The Kier molecular flexibility index (Phi) is 10.9. The first kappa shape index (κ1) is 26.0. The zero-order chi connectivity index (χ0) is 22.7. The van der Waals surface area contributed by atoms with Gasteiger partial charge in [0.2, 0.25) is 5.91 Å². The van der Waals surface area contributed by atoms with E-state index in [0.717, 1.165) is 55.5 Å². The standard InChI is InChI=1S/C19H30O3.C6H11NO/c1-7-16-9-10-17(21-6)18(15(16)3)22-14(2)13-19(4,5)11-8-12-20;1-7-6(8)5-3-2-4-5/h9-10,12,14H,7-8,11,13H2,1-6H3;5H,2-4H2,1H3,(H,7,8). The number of carbonyl (C=O) groups excluding carboxylic acids is 2. The molecule has 0 aromatic heterocycles. The number of methoxy groups -OCH3 is 1. The molecule has 1 aromatic rings. The molecule has 30 heavy (non-hydrogen) atoms. The second-order valence-corrected chi connectivity index (χ2v) is 8.98. The van der Waals surface area contributed by atoms with E-state index in [1.807, 2.05) is 6.07 Å². The first-order valence-electron chi connectivity index (χ1n) is 11.2. The molecule has 1 aromatic carbocycles. The SMILES string of the molecule is CCc1ccc(OC)c(OC(C)CC(C)(C)CCC=O)c1C.CNC(=O)C1CCC1. The molecule has 0 saturated heterocycles. The maximum atomic E-state index is 10.7. The zero-order valence-corrected chi connectivity index (χ0v) is 20.0. The third kappa shape index (κ3) is 8.00. The Morgan fingerprint density at radius 3 is 2.43 bits per heavy atom. The van der Waals surface area contributed by atoms with Crippen LogP contribution in [0.4, 0.5) is 0 Å².